The Kier molecular flexibility index (Phi) is 5.32. The molecular formula is C22H27N5O3. The lowest BCUT2D eigenvalue weighted by Gasteiger charge is -2.30. The third-order valence-corrected chi connectivity index (χ3v) is 5.97. The number of nitrogens with one attached hydrogen (secondary N) is 1. The summed E-state index contributed by atoms with van der Waals surface area (Å²) in [6.07, 6.45) is 4.80. The highest BCUT2D eigenvalue weighted by Crippen LogP contribution is 2.29. The maximum Gasteiger partial charge on any atom is 0.291 e. The number of amides is 2. The summed E-state index contributed by atoms with van der Waals surface area (Å²) in [7, 11) is 1.59. The summed E-state index contributed by atoms with van der Waals surface area (Å²) in [5.41, 5.74) is 0.961. The lowest BCUT2D eigenvalue weighted by atomic mass is 10.1. The van der Waals surface area contributed by atoms with E-state index in [9.17, 15) is 14.4 Å². The third-order valence-electron chi connectivity index (χ3n) is 5.97. The van der Waals surface area contributed by atoms with Crippen LogP contribution in [0.3, 0.4) is 0 Å². The van der Waals surface area contributed by atoms with Crippen LogP contribution in [0.25, 0.3) is 21.8 Å². The third kappa shape index (κ3) is 3.36. The fourth-order valence-corrected chi connectivity index (χ4v) is 4.29. The van der Waals surface area contributed by atoms with Gasteiger partial charge in [-0.1, -0.05) is 18.2 Å². The summed E-state index contributed by atoms with van der Waals surface area (Å²) >= 11 is 0. The molecule has 1 aliphatic heterocycles. The normalized spacial score (nSPS) is 16.6. The van der Waals surface area contributed by atoms with Crippen LogP contribution >= 0.6 is 0 Å². The highest BCUT2D eigenvalue weighted by atomic mass is 16.2. The Bertz CT molecular complexity index is 1170. The van der Waals surface area contributed by atoms with E-state index in [0.717, 1.165) is 43.3 Å². The number of para-hydroxylation sites is 1. The van der Waals surface area contributed by atoms with Crippen molar-refractivity contribution in [2.24, 2.45) is 7.05 Å². The molecule has 1 saturated heterocycles. The van der Waals surface area contributed by atoms with Gasteiger partial charge in [0.25, 0.3) is 5.56 Å². The van der Waals surface area contributed by atoms with E-state index in [1.54, 1.807) is 31.7 Å². The van der Waals surface area contributed by atoms with Gasteiger partial charge in [-0.25, -0.2) is 4.68 Å². The molecule has 30 heavy (non-hydrogen) atoms. The van der Waals surface area contributed by atoms with Crippen molar-refractivity contribution in [3.63, 3.8) is 0 Å². The maximum atomic E-state index is 13.1. The molecule has 0 aliphatic carbocycles. The van der Waals surface area contributed by atoms with Gasteiger partial charge in [-0.15, -0.1) is 0 Å². The predicted octanol–water partition coefficient (Wildman–Crippen LogP) is 1.97. The molecule has 3 aromatic rings. The molecule has 4 rings (SSSR count). The Labute approximate surface area is 174 Å². The average Bonchev–Trinajstić information content (AvgIpc) is 3.10. The van der Waals surface area contributed by atoms with E-state index in [0.29, 0.717) is 10.9 Å². The van der Waals surface area contributed by atoms with Crippen LogP contribution in [0.4, 0.5) is 0 Å². The first-order valence-electron chi connectivity index (χ1n) is 10.4. The number of aromatic nitrogens is 3. The predicted molar refractivity (Wildman–Crippen MR) is 115 cm³/mol. The Balaban J connectivity index is 1.67. The number of benzene rings is 1. The van der Waals surface area contributed by atoms with Gasteiger partial charge in [0.15, 0.2) is 0 Å². The topological polar surface area (TPSA) is 89.2 Å². The van der Waals surface area contributed by atoms with E-state index in [1.165, 1.54) is 4.68 Å². The van der Waals surface area contributed by atoms with Gasteiger partial charge < -0.3 is 14.8 Å². The Morgan fingerprint density at radius 3 is 2.50 bits per heavy atom. The minimum atomic E-state index is -0.667. The van der Waals surface area contributed by atoms with Crippen LogP contribution in [0.15, 0.2) is 35.3 Å². The molecule has 1 N–H and O–H groups in total. The maximum absolute atomic E-state index is 13.1. The van der Waals surface area contributed by atoms with Crippen LogP contribution < -0.4 is 10.9 Å². The van der Waals surface area contributed by atoms with E-state index in [1.807, 2.05) is 29.2 Å². The number of carbonyl (C=O) groups excluding carboxylic acids is 2. The van der Waals surface area contributed by atoms with Crippen molar-refractivity contribution < 1.29 is 9.59 Å². The molecule has 2 atom stereocenters. The number of rotatable bonds is 4. The minimum Gasteiger partial charge on any atom is -0.343 e. The summed E-state index contributed by atoms with van der Waals surface area (Å²) in [4.78, 5) is 40.5. The molecule has 3 heterocycles. The molecule has 2 amide bonds. The zero-order valence-corrected chi connectivity index (χ0v) is 17.6. The summed E-state index contributed by atoms with van der Waals surface area (Å²) in [6, 6.07) is 6.30. The second kappa shape index (κ2) is 7.93. The van der Waals surface area contributed by atoms with Crippen molar-refractivity contribution in [2.45, 2.75) is 45.2 Å². The molecule has 158 valence electrons. The van der Waals surface area contributed by atoms with Crippen LogP contribution in [-0.2, 0) is 16.6 Å². The Hall–Kier alpha value is -3.16. The first-order valence-corrected chi connectivity index (χ1v) is 10.4. The highest BCUT2D eigenvalue weighted by Gasteiger charge is 2.27. The van der Waals surface area contributed by atoms with Crippen LogP contribution in [0.5, 0.6) is 0 Å². The number of carbonyl (C=O) groups is 2. The zero-order valence-electron chi connectivity index (χ0n) is 17.6. The smallest absolute Gasteiger partial charge is 0.291 e. The second-order valence-electron chi connectivity index (χ2n) is 8.01. The molecule has 0 unspecified atom stereocenters. The van der Waals surface area contributed by atoms with Crippen molar-refractivity contribution in [1.82, 2.24) is 24.6 Å². The Morgan fingerprint density at radius 1 is 1.07 bits per heavy atom. The van der Waals surface area contributed by atoms with Gasteiger partial charge in [0.05, 0.1) is 11.7 Å². The van der Waals surface area contributed by atoms with Crippen LogP contribution in [0, 0.1) is 0 Å². The van der Waals surface area contributed by atoms with Gasteiger partial charge in [0.2, 0.25) is 11.8 Å². The number of aryl methyl sites for hydroxylation is 1. The van der Waals surface area contributed by atoms with Crippen molar-refractivity contribution >= 4 is 33.6 Å². The second-order valence-corrected chi connectivity index (χ2v) is 8.01. The zero-order chi connectivity index (χ0) is 21.4. The largest absolute Gasteiger partial charge is 0.343 e. The lowest BCUT2D eigenvalue weighted by molar-refractivity contribution is -0.137. The SMILES string of the molecule is C[C@@H](NC(=O)[C@H](C)n1c2ccccc2c2cnn(C)c(=O)c21)C(=O)N1CCCCC1. The van der Waals surface area contributed by atoms with Crippen LogP contribution in [-0.4, -0.2) is 50.2 Å². The standard InChI is InChI=1S/C22H27N5O3/c1-14(21(29)26-11-7-4-8-12-26)24-20(28)15(2)27-18-10-6-5-9-16(18)17-13-23-25(3)22(30)19(17)27/h5-6,9-10,13-15H,4,7-8,11-12H2,1-3H3,(H,24,28)/t14-,15+/m1/s1. The fourth-order valence-electron chi connectivity index (χ4n) is 4.29. The van der Waals surface area contributed by atoms with E-state index in [-0.39, 0.29) is 17.4 Å². The number of hydrogen-bond donors (Lipinski definition) is 1. The number of hydrogen-bond acceptors (Lipinski definition) is 4. The number of likely N-dealkylation sites (tertiary alicyclic amines) is 1. The van der Waals surface area contributed by atoms with Crippen molar-refractivity contribution in [3.8, 4) is 0 Å². The van der Waals surface area contributed by atoms with Gasteiger partial charge >= 0.3 is 0 Å². The average molecular weight is 409 g/mol. The molecule has 0 radical (unpaired) electrons. The summed E-state index contributed by atoms with van der Waals surface area (Å²) in [5, 5.41) is 8.57. The van der Waals surface area contributed by atoms with E-state index >= 15 is 0 Å². The van der Waals surface area contributed by atoms with Crippen molar-refractivity contribution in [2.75, 3.05) is 13.1 Å². The molecule has 1 fully saturated rings. The molecule has 1 aromatic carbocycles. The molecule has 2 aromatic heterocycles. The van der Waals surface area contributed by atoms with Crippen LogP contribution in [0.2, 0.25) is 0 Å². The minimum absolute atomic E-state index is 0.0578. The first kappa shape index (κ1) is 20.1. The molecule has 8 heteroatoms. The summed E-state index contributed by atoms with van der Waals surface area (Å²) in [6.45, 7) is 4.95. The lowest BCUT2D eigenvalue weighted by Crippen LogP contribution is -2.49. The van der Waals surface area contributed by atoms with Gasteiger partial charge in [-0.05, 0) is 39.2 Å². The summed E-state index contributed by atoms with van der Waals surface area (Å²) in [5.74, 6) is -0.355. The quantitative estimate of drug-likeness (QED) is 0.713. The van der Waals surface area contributed by atoms with E-state index < -0.39 is 12.1 Å². The number of piperidine rings is 1. The molecule has 0 spiro atoms. The number of nitrogens with zero attached hydrogens (tertiary/aromatic N) is 4. The molecule has 0 saturated carbocycles. The van der Waals surface area contributed by atoms with E-state index in [4.69, 9.17) is 0 Å². The monoisotopic (exact) mass is 409 g/mol. The van der Waals surface area contributed by atoms with Gasteiger partial charge in [-0.3, -0.25) is 14.4 Å². The first-order chi connectivity index (χ1) is 14.4. The van der Waals surface area contributed by atoms with Gasteiger partial charge in [0.1, 0.15) is 17.6 Å². The van der Waals surface area contributed by atoms with Gasteiger partial charge in [-0.2, -0.15) is 5.10 Å². The highest BCUT2D eigenvalue weighted by molar-refractivity contribution is 6.08. The van der Waals surface area contributed by atoms with Crippen molar-refractivity contribution in [1.29, 1.82) is 0 Å². The summed E-state index contributed by atoms with van der Waals surface area (Å²) < 4.78 is 3.02. The molecular weight excluding hydrogens is 382 g/mol. The fraction of sp³-hybridized carbons (Fsp3) is 0.455. The molecule has 0 bridgehead atoms. The molecule has 1 aliphatic rings. The van der Waals surface area contributed by atoms with Crippen molar-refractivity contribution in [3.05, 3.63) is 40.8 Å². The van der Waals surface area contributed by atoms with Crippen LogP contribution in [0.1, 0.15) is 39.2 Å². The number of fused-ring (bicyclic) bond motifs is 3. The molecule has 8 nitrogen and oxygen atoms in total. The van der Waals surface area contributed by atoms with E-state index in [2.05, 4.69) is 10.4 Å². The Morgan fingerprint density at radius 2 is 1.77 bits per heavy atom. The van der Waals surface area contributed by atoms with Gasteiger partial charge in [0, 0.05) is 30.9 Å².